The van der Waals surface area contributed by atoms with Gasteiger partial charge in [-0.1, -0.05) is 47.3 Å². The molecule has 4 amide bonds. The highest BCUT2D eigenvalue weighted by molar-refractivity contribution is 6.67. The van der Waals surface area contributed by atoms with Crippen LogP contribution in [0.4, 0.5) is 13.2 Å². The third kappa shape index (κ3) is 6.06. The second kappa shape index (κ2) is 13.2. The molecule has 1 radical (unpaired) electrons. The van der Waals surface area contributed by atoms with E-state index in [0.29, 0.717) is 61.7 Å². The Morgan fingerprint density at radius 1 is 0.803 bits per heavy atom. The highest BCUT2D eigenvalue weighted by Crippen LogP contribution is 2.63. The summed E-state index contributed by atoms with van der Waals surface area (Å²) in [6.45, 7) is 0. The molecule has 1 saturated heterocycles. The van der Waals surface area contributed by atoms with Gasteiger partial charge in [0.1, 0.15) is 40.9 Å². The smallest absolute Gasteiger partial charge is 0.416 e. The molecule has 4 atom stereocenters. The number of H-pyrrole nitrogens is 2. The molecule has 6 heterocycles. The molecule has 0 bridgehead atoms. The molecule has 11 rings (SSSR count). The monoisotopic (exact) mass is 819 g/mol. The Hall–Kier alpha value is -7.56. The minimum atomic E-state index is -4.47. The number of carbonyl (C=O) groups excluding carboxylic acids is 4. The molecule has 0 spiro atoms. The molecule has 1 unspecified atom stereocenters. The van der Waals surface area contributed by atoms with Gasteiger partial charge in [-0.3, -0.25) is 34.2 Å². The molecule has 13 nitrogen and oxygen atoms in total. The van der Waals surface area contributed by atoms with Crippen LogP contribution in [0.15, 0.2) is 102 Å². The Bertz CT molecular complexity index is 3150. The maximum Gasteiger partial charge on any atom is 0.416 e. The summed E-state index contributed by atoms with van der Waals surface area (Å²) in [5.74, 6) is -0.337. The summed E-state index contributed by atoms with van der Waals surface area (Å²) in [5.41, 5.74) is 3.56. The van der Waals surface area contributed by atoms with Gasteiger partial charge in [-0.15, -0.1) is 0 Å². The van der Waals surface area contributed by atoms with E-state index in [0.717, 1.165) is 28.1 Å². The number of alkyl halides is 3. The number of pyridine rings is 2. The first-order valence-electron chi connectivity index (χ1n) is 19.3. The molecule has 3 aromatic heterocycles. The average molecular weight is 820 g/mol. The van der Waals surface area contributed by atoms with Crippen LogP contribution in [0.3, 0.4) is 0 Å². The molecule has 3 aliphatic heterocycles. The standard InChI is InChI=1S/C44H27BF3N6O7/c46-44(47,48)20-3-9-29-30(15-20)51-39(50-29)36-35-27-17-23(7-11-32(27)61-37(35)36)60-33-13-14-49-38-28(33)18-25(40(56)53-38)19-1-4-21(5-2-19)45-22-6-8-24-26(16-22)43(59)54(42(24)58)31-10-12-34(55)52-41(31)57/h1-9,11,13-18,31,35-37H,10,12H2,(H,50,51)(H,49,53,56)(H,52,55,57)/t31?,35-,36-,37-/m1/s1. The van der Waals surface area contributed by atoms with Gasteiger partial charge in [0.25, 0.3) is 17.4 Å². The first-order chi connectivity index (χ1) is 29.4. The van der Waals surface area contributed by atoms with E-state index in [1.807, 2.05) is 31.5 Å². The fraction of sp³-hybridized carbons (Fsp3) is 0.159. The summed E-state index contributed by atoms with van der Waals surface area (Å²) >= 11 is 0. The number of nitrogens with zero attached hydrogens (tertiary/aromatic N) is 3. The van der Waals surface area contributed by atoms with Crippen LogP contribution in [0.2, 0.25) is 0 Å². The molecule has 4 aromatic carbocycles. The maximum absolute atomic E-state index is 13.3. The van der Waals surface area contributed by atoms with Crippen molar-refractivity contribution < 1.29 is 41.8 Å². The number of aromatic amines is 2. The van der Waals surface area contributed by atoms with Crippen molar-refractivity contribution in [1.29, 1.82) is 0 Å². The van der Waals surface area contributed by atoms with Crippen LogP contribution in [-0.4, -0.2) is 67.9 Å². The Balaban J connectivity index is 0.812. The van der Waals surface area contributed by atoms with Crippen molar-refractivity contribution in [2.75, 3.05) is 0 Å². The summed E-state index contributed by atoms with van der Waals surface area (Å²) in [6, 6.07) is 23.3. The number of hydrogen-bond acceptors (Lipinski definition) is 9. The number of hydrogen-bond donors (Lipinski definition) is 3. The second-order valence-corrected chi connectivity index (χ2v) is 15.4. The zero-order valence-electron chi connectivity index (χ0n) is 31.4. The Labute approximate surface area is 342 Å². The lowest BCUT2D eigenvalue weighted by atomic mass is 9.63. The zero-order chi connectivity index (χ0) is 41.9. The molecule has 1 aliphatic carbocycles. The van der Waals surface area contributed by atoms with E-state index in [2.05, 4.69) is 25.3 Å². The van der Waals surface area contributed by atoms with Crippen molar-refractivity contribution in [3.63, 3.8) is 0 Å². The number of imide groups is 2. The van der Waals surface area contributed by atoms with Gasteiger partial charge in [-0.05, 0) is 66.6 Å². The van der Waals surface area contributed by atoms with Crippen molar-refractivity contribution in [2.45, 2.75) is 43.0 Å². The lowest BCUT2D eigenvalue weighted by Gasteiger charge is -2.27. The Morgan fingerprint density at radius 3 is 2.41 bits per heavy atom. The SMILES string of the molecule is O=C1CCC(N2C(=O)c3ccc([B]c4ccc(-c5cc6c(Oc7ccc8c(c7)[C@H]7[C@@H](O8)[C@@H]7c7nc8ccc(C(F)(F)F)cc8[nH]7)ccnc6[nH]c5=O)cc4)cc3C2=O)C(=O)N1. The number of fused-ring (bicyclic) bond motifs is 6. The molecule has 2 fully saturated rings. The summed E-state index contributed by atoms with van der Waals surface area (Å²) in [5, 5.41) is 2.75. The van der Waals surface area contributed by atoms with Gasteiger partial charge in [0, 0.05) is 29.7 Å². The van der Waals surface area contributed by atoms with E-state index >= 15 is 0 Å². The van der Waals surface area contributed by atoms with Gasteiger partial charge in [0.2, 0.25) is 11.8 Å². The molecule has 299 valence electrons. The maximum atomic E-state index is 13.3. The third-order valence-electron chi connectivity index (χ3n) is 11.7. The number of benzene rings is 4. The minimum absolute atomic E-state index is 0.0292. The fourth-order valence-electron chi connectivity index (χ4n) is 8.63. The van der Waals surface area contributed by atoms with Crippen molar-refractivity contribution in [3.05, 3.63) is 136 Å². The fourth-order valence-corrected chi connectivity index (χ4v) is 8.63. The molecule has 7 aromatic rings. The van der Waals surface area contributed by atoms with Crippen LogP contribution >= 0.6 is 0 Å². The highest BCUT2D eigenvalue weighted by Gasteiger charge is 2.61. The second-order valence-electron chi connectivity index (χ2n) is 15.4. The number of rotatable bonds is 7. The van der Waals surface area contributed by atoms with Crippen molar-refractivity contribution in [2.24, 2.45) is 0 Å². The average Bonchev–Trinajstić information content (AvgIpc) is 3.45. The topological polar surface area (TPSA) is 176 Å². The lowest BCUT2D eigenvalue weighted by molar-refractivity contribution is -0.138. The molecule has 3 N–H and O–H groups in total. The highest BCUT2D eigenvalue weighted by atomic mass is 19.4. The van der Waals surface area contributed by atoms with Crippen LogP contribution in [0.25, 0.3) is 33.2 Å². The van der Waals surface area contributed by atoms with Gasteiger partial charge in [0.15, 0.2) is 7.28 Å². The number of ether oxygens (including phenoxy) is 2. The van der Waals surface area contributed by atoms with Gasteiger partial charge in [0.05, 0.1) is 39.0 Å². The zero-order valence-corrected chi connectivity index (χ0v) is 31.4. The molecular weight excluding hydrogens is 792 g/mol. The van der Waals surface area contributed by atoms with Crippen molar-refractivity contribution >= 4 is 63.9 Å². The quantitative estimate of drug-likeness (QED) is 0.148. The Morgan fingerprint density at radius 2 is 1.61 bits per heavy atom. The number of piperidine rings is 1. The van der Waals surface area contributed by atoms with Crippen LogP contribution in [-0.2, 0) is 15.8 Å². The van der Waals surface area contributed by atoms with E-state index in [1.165, 1.54) is 12.3 Å². The number of nitrogens with one attached hydrogen (secondary N) is 3. The predicted octanol–water partition coefficient (Wildman–Crippen LogP) is 4.98. The number of imidazole rings is 1. The van der Waals surface area contributed by atoms with Gasteiger partial charge in [-0.2, -0.15) is 13.2 Å². The largest absolute Gasteiger partial charge is 0.489 e. The Kier molecular flexibility index (Phi) is 7.92. The van der Waals surface area contributed by atoms with Gasteiger partial charge >= 0.3 is 6.18 Å². The van der Waals surface area contributed by atoms with Crippen LogP contribution in [0, 0.1) is 0 Å². The van der Waals surface area contributed by atoms with E-state index in [9.17, 15) is 37.1 Å². The molecule has 61 heavy (non-hydrogen) atoms. The number of carbonyl (C=O) groups is 4. The molecule has 1 saturated carbocycles. The lowest BCUT2D eigenvalue weighted by Crippen LogP contribution is -2.54. The van der Waals surface area contributed by atoms with Gasteiger partial charge < -0.3 is 19.4 Å². The molecule has 4 aliphatic rings. The summed E-state index contributed by atoms with van der Waals surface area (Å²) < 4.78 is 52.5. The normalized spacial score (nSPS) is 20.3. The number of halogens is 3. The van der Waals surface area contributed by atoms with Crippen LogP contribution in [0.1, 0.15) is 62.3 Å². The van der Waals surface area contributed by atoms with Crippen molar-refractivity contribution in [1.82, 2.24) is 30.2 Å². The number of amides is 4. The molecule has 17 heteroatoms. The first kappa shape index (κ1) is 36.5. The van der Waals surface area contributed by atoms with Gasteiger partial charge in [-0.25, -0.2) is 9.97 Å². The summed E-state index contributed by atoms with van der Waals surface area (Å²) in [4.78, 5) is 79.6. The van der Waals surface area contributed by atoms with E-state index in [-0.39, 0.29) is 47.5 Å². The summed E-state index contributed by atoms with van der Waals surface area (Å²) in [7, 11) is 1.81. The van der Waals surface area contributed by atoms with E-state index in [1.54, 1.807) is 48.5 Å². The van der Waals surface area contributed by atoms with Crippen molar-refractivity contribution in [3.8, 4) is 28.4 Å². The predicted molar refractivity (Wildman–Crippen MR) is 213 cm³/mol. The van der Waals surface area contributed by atoms with Crippen LogP contribution in [0.5, 0.6) is 17.2 Å². The van der Waals surface area contributed by atoms with E-state index < -0.39 is 41.4 Å². The summed E-state index contributed by atoms with van der Waals surface area (Å²) in [6.07, 6.45) is -3.06. The third-order valence-corrected chi connectivity index (χ3v) is 11.7. The first-order valence-corrected chi connectivity index (χ1v) is 19.3. The number of aromatic nitrogens is 4. The molecular formula is C44H27BF3N6O7. The van der Waals surface area contributed by atoms with Crippen LogP contribution < -0.4 is 31.3 Å². The minimum Gasteiger partial charge on any atom is -0.489 e. The van der Waals surface area contributed by atoms with E-state index in [4.69, 9.17) is 9.47 Å².